The van der Waals surface area contributed by atoms with Crippen molar-refractivity contribution in [3.8, 4) is 0 Å². The van der Waals surface area contributed by atoms with Crippen LogP contribution in [0.4, 0.5) is 5.13 Å². The molecular weight excluding hydrogens is 330 g/mol. The summed E-state index contributed by atoms with van der Waals surface area (Å²) in [6.45, 7) is 4.45. The number of hydrogen-bond donors (Lipinski definition) is 0. The van der Waals surface area contributed by atoms with Crippen LogP contribution in [0.3, 0.4) is 0 Å². The van der Waals surface area contributed by atoms with E-state index in [2.05, 4.69) is 9.97 Å². The van der Waals surface area contributed by atoms with Gasteiger partial charge in [0.05, 0.1) is 21.3 Å². The highest BCUT2D eigenvalue weighted by atomic mass is 32.1. The smallest absolute Gasteiger partial charge is 0.260 e. The first-order valence-electron chi connectivity index (χ1n) is 8.21. The number of rotatable bonds is 3. The molecule has 0 saturated heterocycles. The van der Waals surface area contributed by atoms with Crippen molar-refractivity contribution in [2.45, 2.75) is 13.8 Å². The molecule has 1 amide bonds. The number of anilines is 1. The van der Waals surface area contributed by atoms with E-state index in [1.807, 2.05) is 68.4 Å². The van der Waals surface area contributed by atoms with Gasteiger partial charge in [0.15, 0.2) is 5.13 Å². The molecule has 0 atom stereocenters. The van der Waals surface area contributed by atoms with Gasteiger partial charge in [-0.3, -0.25) is 14.7 Å². The molecule has 4 nitrogen and oxygen atoms in total. The van der Waals surface area contributed by atoms with Crippen molar-refractivity contribution in [2.24, 2.45) is 0 Å². The van der Waals surface area contributed by atoms with Crippen LogP contribution >= 0.6 is 11.3 Å². The maximum Gasteiger partial charge on any atom is 0.260 e. The van der Waals surface area contributed by atoms with E-state index >= 15 is 0 Å². The Morgan fingerprint density at radius 1 is 1.04 bits per heavy atom. The molecule has 4 rings (SSSR count). The molecule has 2 aromatic heterocycles. The largest absolute Gasteiger partial charge is 0.284 e. The number of aryl methyl sites for hydroxylation is 1. The van der Waals surface area contributed by atoms with Gasteiger partial charge < -0.3 is 0 Å². The molecule has 25 heavy (non-hydrogen) atoms. The fraction of sp³-hybridized carbons (Fsp3) is 0.150. The molecule has 0 radical (unpaired) electrons. The minimum Gasteiger partial charge on any atom is -0.284 e. The van der Waals surface area contributed by atoms with Gasteiger partial charge in [-0.15, -0.1) is 0 Å². The predicted octanol–water partition coefficient (Wildman–Crippen LogP) is 4.82. The van der Waals surface area contributed by atoms with Gasteiger partial charge in [0.25, 0.3) is 5.91 Å². The van der Waals surface area contributed by atoms with Gasteiger partial charge in [0, 0.05) is 17.6 Å². The second kappa shape index (κ2) is 6.26. The Kier molecular flexibility index (Phi) is 3.93. The molecule has 2 heterocycles. The highest BCUT2D eigenvalue weighted by Crippen LogP contribution is 2.30. The van der Waals surface area contributed by atoms with Crippen LogP contribution in [0.2, 0.25) is 0 Å². The van der Waals surface area contributed by atoms with Crippen molar-refractivity contribution in [1.82, 2.24) is 9.97 Å². The van der Waals surface area contributed by atoms with E-state index < -0.39 is 0 Å². The highest BCUT2D eigenvalue weighted by Gasteiger charge is 2.22. The molecule has 0 aliphatic heterocycles. The second-order valence-corrected chi connectivity index (χ2v) is 6.85. The van der Waals surface area contributed by atoms with Crippen LogP contribution in [0.25, 0.3) is 21.1 Å². The number of benzene rings is 2. The summed E-state index contributed by atoms with van der Waals surface area (Å²) in [6, 6.07) is 17.6. The summed E-state index contributed by atoms with van der Waals surface area (Å²) in [5.41, 5.74) is 3.27. The molecule has 0 fully saturated rings. The van der Waals surface area contributed by atoms with Crippen LogP contribution in [-0.2, 0) is 0 Å². The van der Waals surface area contributed by atoms with E-state index in [-0.39, 0.29) is 5.91 Å². The number of nitrogens with zero attached hydrogens (tertiary/aromatic N) is 3. The van der Waals surface area contributed by atoms with Gasteiger partial charge in [0.1, 0.15) is 0 Å². The SMILES string of the molecule is CCN(C(=O)c1cc(C)nc2ccccc12)c1nc2ccccc2s1. The van der Waals surface area contributed by atoms with E-state index in [4.69, 9.17) is 0 Å². The Labute approximate surface area is 149 Å². The molecule has 0 spiro atoms. The number of hydrogen-bond acceptors (Lipinski definition) is 4. The van der Waals surface area contributed by atoms with Crippen LogP contribution in [0, 0.1) is 6.92 Å². The minimum absolute atomic E-state index is 0.0387. The third-order valence-electron chi connectivity index (χ3n) is 4.15. The number of amides is 1. The molecule has 5 heteroatoms. The standard InChI is InChI=1S/C20H17N3OS/c1-3-23(20-22-17-10-6-7-11-18(17)25-20)19(24)15-12-13(2)21-16-9-5-4-8-14(15)16/h4-12H,3H2,1-2H3. The maximum absolute atomic E-state index is 13.3. The Balaban J connectivity index is 1.83. The molecule has 0 N–H and O–H groups in total. The van der Waals surface area contributed by atoms with Crippen LogP contribution in [0.15, 0.2) is 54.6 Å². The molecule has 2 aromatic carbocycles. The van der Waals surface area contributed by atoms with Crippen molar-refractivity contribution < 1.29 is 4.79 Å². The summed E-state index contributed by atoms with van der Waals surface area (Å²) in [7, 11) is 0. The zero-order chi connectivity index (χ0) is 17.4. The quantitative estimate of drug-likeness (QED) is 0.534. The molecule has 0 aliphatic rings. The van der Waals surface area contributed by atoms with Crippen molar-refractivity contribution >= 4 is 43.5 Å². The summed E-state index contributed by atoms with van der Waals surface area (Å²) < 4.78 is 1.08. The Morgan fingerprint density at radius 2 is 1.76 bits per heavy atom. The molecule has 124 valence electrons. The van der Waals surface area contributed by atoms with Crippen LogP contribution in [0.5, 0.6) is 0 Å². The number of pyridine rings is 1. The van der Waals surface area contributed by atoms with Gasteiger partial charge >= 0.3 is 0 Å². The third kappa shape index (κ3) is 2.76. The first-order chi connectivity index (χ1) is 12.2. The van der Waals surface area contributed by atoms with Crippen LogP contribution in [0.1, 0.15) is 23.0 Å². The van der Waals surface area contributed by atoms with E-state index in [9.17, 15) is 4.79 Å². The summed E-state index contributed by atoms with van der Waals surface area (Å²) in [4.78, 5) is 24.2. The topological polar surface area (TPSA) is 46.1 Å². The fourth-order valence-corrected chi connectivity index (χ4v) is 4.00. The molecule has 0 aliphatic carbocycles. The van der Waals surface area contributed by atoms with E-state index in [0.29, 0.717) is 12.1 Å². The monoisotopic (exact) mass is 347 g/mol. The summed E-state index contributed by atoms with van der Waals surface area (Å²) in [6.07, 6.45) is 0. The van der Waals surface area contributed by atoms with Gasteiger partial charge in [-0.2, -0.15) is 0 Å². The molecular formula is C20H17N3OS. The Morgan fingerprint density at radius 3 is 2.52 bits per heavy atom. The number of para-hydroxylation sites is 2. The van der Waals surface area contributed by atoms with Gasteiger partial charge in [-0.25, -0.2) is 4.98 Å². The Hall–Kier alpha value is -2.79. The van der Waals surface area contributed by atoms with E-state index in [0.717, 1.165) is 31.9 Å². The Bertz CT molecular complexity index is 1050. The lowest BCUT2D eigenvalue weighted by atomic mass is 10.1. The van der Waals surface area contributed by atoms with Gasteiger partial charge in [-0.05, 0) is 38.1 Å². The third-order valence-corrected chi connectivity index (χ3v) is 5.21. The van der Waals surface area contributed by atoms with Crippen LogP contribution < -0.4 is 4.90 Å². The average molecular weight is 347 g/mol. The van der Waals surface area contributed by atoms with Crippen molar-refractivity contribution in [3.05, 3.63) is 65.9 Å². The lowest BCUT2D eigenvalue weighted by molar-refractivity contribution is 0.0989. The van der Waals surface area contributed by atoms with E-state index in [1.54, 1.807) is 16.2 Å². The maximum atomic E-state index is 13.3. The lowest BCUT2D eigenvalue weighted by Gasteiger charge is -2.19. The predicted molar refractivity (Wildman–Crippen MR) is 103 cm³/mol. The average Bonchev–Trinajstić information content (AvgIpc) is 3.05. The zero-order valence-corrected chi connectivity index (χ0v) is 14.9. The van der Waals surface area contributed by atoms with Crippen LogP contribution in [-0.4, -0.2) is 22.4 Å². The zero-order valence-electron chi connectivity index (χ0n) is 14.1. The molecule has 4 aromatic rings. The number of carbonyl (C=O) groups excluding carboxylic acids is 1. The minimum atomic E-state index is -0.0387. The first-order valence-corrected chi connectivity index (χ1v) is 9.03. The first kappa shape index (κ1) is 15.7. The second-order valence-electron chi connectivity index (χ2n) is 5.84. The normalized spacial score (nSPS) is 11.1. The summed E-state index contributed by atoms with van der Waals surface area (Å²) in [5, 5.41) is 1.60. The molecule has 0 unspecified atom stereocenters. The van der Waals surface area contributed by atoms with Crippen molar-refractivity contribution in [3.63, 3.8) is 0 Å². The van der Waals surface area contributed by atoms with Crippen molar-refractivity contribution in [2.75, 3.05) is 11.4 Å². The molecule has 0 saturated carbocycles. The van der Waals surface area contributed by atoms with Crippen molar-refractivity contribution in [1.29, 1.82) is 0 Å². The highest BCUT2D eigenvalue weighted by molar-refractivity contribution is 7.22. The number of carbonyl (C=O) groups is 1. The number of fused-ring (bicyclic) bond motifs is 2. The lowest BCUT2D eigenvalue weighted by Crippen LogP contribution is -2.30. The summed E-state index contributed by atoms with van der Waals surface area (Å²) in [5.74, 6) is -0.0387. The number of thiazole rings is 1. The van der Waals surface area contributed by atoms with E-state index in [1.165, 1.54) is 0 Å². The van der Waals surface area contributed by atoms with Gasteiger partial charge in [-0.1, -0.05) is 41.7 Å². The molecule has 0 bridgehead atoms. The van der Waals surface area contributed by atoms with Gasteiger partial charge in [0.2, 0.25) is 0 Å². The number of aromatic nitrogens is 2. The summed E-state index contributed by atoms with van der Waals surface area (Å²) >= 11 is 1.54. The fourth-order valence-electron chi connectivity index (χ4n) is 2.97.